The molecule has 15 nitrogen and oxygen atoms in total. The highest BCUT2D eigenvalue weighted by atomic mass is 16.7. The van der Waals surface area contributed by atoms with Crippen LogP contribution in [0, 0.1) is 0 Å². The zero-order chi connectivity index (χ0) is 31.3. The summed E-state index contributed by atoms with van der Waals surface area (Å²) in [5.41, 5.74) is 5.21. The summed E-state index contributed by atoms with van der Waals surface area (Å²) in [4.78, 5) is 34.1. The number of hydrogen-bond acceptors (Lipinski definition) is 12. The Morgan fingerprint density at radius 3 is 1.59 bits per heavy atom. The second kappa shape index (κ2) is 29.2. The van der Waals surface area contributed by atoms with Crippen molar-refractivity contribution in [1.82, 2.24) is 16.0 Å². The Kier molecular flexibility index (Phi) is 29.1. The van der Waals surface area contributed by atoms with Gasteiger partial charge < -0.3 is 60.3 Å². The first-order chi connectivity index (χ1) is 19.7. The molecule has 4 unspecified atom stereocenters. The van der Waals surface area contributed by atoms with E-state index >= 15 is 0 Å². The molecule has 0 aliphatic rings. The minimum atomic E-state index is -0.730. The van der Waals surface area contributed by atoms with Crippen LogP contribution < -0.4 is 21.7 Å². The normalized spacial score (nSPS) is 13.6. The summed E-state index contributed by atoms with van der Waals surface area (Å²) in [6.45, 7) is 6.83. The maximum absolute atomic E-state index is 11.5. The van der Waals surface area contributed by atoms with Gasteiger partial charge in [-0.25, -0.2) is 9.59 Å². The van der Waals surface area contributed by atoms with Gasteiger partial charge in [0, 0.05) is 46.8 Å². The Labute approximate surface area is 244 Å². The van der Waals surface area contributed by atoms with Crippen LogP contribution in [0.2, 0.25) is 0 Å². The fourth-order valence-corrected chi connectivity index (χ4v) is 2.85. The Morgan fingerprint density at radius 1 is 0.732 bits per heavy atom. The maximum atomic E-state index is 11.5. The number of carbonyl (C=O) groups excluding carboxylic acids is 3. The van der Waals surface area contributed by atoms with E-state index in [1.54, 1.807) is 0 Å². The standard InChI is InChI=1S/C16H32N2O6.C10H22N2O5/c1-4-6-7-8-14(20)17-9-10-18-16(21)23-12-15(22-3)24-13(5-2)11-19;1-3-8(6-13)17-9(15-2)7-16-10(14)12-5-4-11/h13,15,19H,4-12H2,1-3H3,(H,17,20)(H,18,21);8-9,13H,3-7,11H2,1-2H3,(H,12,14). The van der Waals surface area contributed by atoms with Gasteiger partial charge in [0.25, 0.3) is 0 Å². The molecular weight excluding hydrogens is 544 g/mol. The third-order valence-electron chi connectivity index (χ3n) is 5.37. The molecule has 3 amide bonds. The summed E-state index contributed by atoms with van der Waals surface area (Å²) >= 11 is 0. The Morgan fingerprint density at radius 2 is 1.20 bits per heavy atom. The molecule has 0 radical (unpaired) electrons. The van der Waals surface area contributed by atoms with Crippen molar-refractivity contribution in [2.24, 2.45) is 5.73 Å². The van der Waals surface area contributed by atoms with Gasteiger partial charge in [-0.15, -0.1) is 0 Å². The van der Waals surface area contributed by atoms with Crippen molar-refractivity contribution < 1.29 is 53.0 Å². The lowest BCUT2D eigenvalue weighted by atomic mass is 10.2. The molecule has 0 heterocycles. The molecule has 0 saturated heterocycles. The molecule has 0 fully saturated rings. The fourth-order valence-electron chi connectivity index (χ4n) is 2.85. The molecule has 0 aliphatic carbocycles. The first-order valence-electron chi connectivity index (χ1n) is 14.1. The predicted octanol–water partition coefficient (Wildman–Crippen LogP) is 0.600. The molecule has 0 rings (SSSR count). The molecule has 0 aromatic rings. The van der Waals surface area contributed by atoms with Gasteiger partial charge >= 0.3 is 12.2 Å². The van der Waals surface area contributed by atoms with Crippen molar-refractivity contribution in [3.63, 3.8) is 0 Å². The highest BCUT2D eigenvalue weighted by Crippen LogP contribution is 2.05. The van der Waals surface area contributed by atoms with E-state index < -0.39 is 24.8 Å². The number of nitrogens with one attached hydrogen (secondary N) is 3. The highest BCUT2D eigenvalue weighted by Gasteiger charge is 2.17. The van der Waals surface area contributed by atoms with Crippen LogP contribution in [0.1, 0.15) is 59.3 Å². The summed E-state index contributed by atoms with van der Waals surface area (Å²) in [7, 11) is 2.88. The predicted molar refractivity (Wildman–Crippen MR) is 151 cm³/mol. The number of aliphatic hydroxyl groups excluding tert-OH is 2. The third kappa shape index (κ3) is 25.2. The molecular formula is C26H54N4O11. The number of hydrogen-bond donors (Lipinski definition) is 6. The monoisotopic (exact) mass is 598 g/mol. The van der Waals surface area contributed by atoms with Crippen molar-refractivity contribution in [2.75, 3.05) is 66.8 Å². The van der Waals surface area contributed by atoms with Crippen LogP contribution in [-0.4, -0.2) is 120 Å². The summed E-state index contributed by atoms with van der Waals surface area (Å²) < 4.78 is 30.6. The first-order valence-corrected chi connectivity index (χ1v) is 14.1. The fraction of sp³-hybridized carbons (Fsp3) is 0.885. The molecule has 0 aromatic heterocycles. The third-order valence-corrected chi connectivity index (χ3v) is 5.37. The maximum Gasteiger partial charge on any atom is 0.407 e. The number of unbranched alkanes of at least 4 members (excludes halogenated alkanes) is 2. The molecule has 0 saturated carbocycles. The number of ether oxygens (including phenoxy) is 6. The van der Waals surface area contributed by atoms with E-state index in [1.807, 2.05) is 13.8 Å². The van der Waals surface area contributed by atoms with Crippen molar-refractivity contribution in [2.45, 2.75) is 84.1 Å². The van der Waals surface area contributed by atoms with Crippen LogP contribution in [0.5, 0.6) is 0 Å². The molecule has 0 aromatic carbocycles. The number of aliphatic hydroxyl groups is 2. The van der Waals surface area contributed by atoms with Crippen LogP contribution in [0.3, 0.4) is 0 Å². The topological polar surface area (TPSA) is 209 Å². The van der Waals surface area contributed by atoms with Gasteiger partial charge in [0.1, 0.15) is 13.2 Å². The summed E-state index contributed by atoms with van der Waals surface area (Å²) in [5.74, 6) is -0.0129. The lowest BCUT2D eigenvalue weighted by molar-refractivity contribution is -0.181. The average molecular weight is 599 g/mol. The van der Waals surface area contributed by atoms with Crippen LogP contribution in [-0.2, 0) is 33.2 Å². The van der Waals surface area contributed by atoms with Crippen LogP contribution in [0.25, 0.3) is 0 Å². The SMILES string of the molecule is CCC(CO)OC(COC(=O)NCCN)OC.CCCCCC(=O)NCCNC(=O)OCC(OC)OC(CC)CO. The highest BCUT2D eigenvalue weighted by molar-refractivity contribution is 5.75. The second-order valence-corrected chi connectivity index (χ2v) is 8.67. The Bertz CT molecular complexity index is 639. The zero-order valence-electron chi connectivity index (χ0n) is 25.4. The molecule has 15 heteroatoms. The van der Waals surface area contributed by atoms with Gasteiger partial charge in [0.2, 0.25) is 5.91 Å². The smallest absolute Gasteiger partial charge is 0.407 e. The van der Waals surface area contributed by atoms with Crippen molar-refractivity contribution in [1.29, 1.82) is 0 Å². The minimum Gasteiger partial charge on any atom is -0.444 e. The van der Waals surface area contributed by atoms with Crippen LogP contribution in [0.4, 0.5) is 9.59 Å². The van der Waals surface area contributed by atoms with E-state index in [2.05, 4.69) is 22.9 Å². The number of rotatable bonds is 23. The van der Waals surface area contributed by atoms with E-state index in [0.29, 0.717) is 38.9 Å². The molecule has 0 aliphatic heterocycles. The van der Waals surface area contributed by atoms with Crippen LogP contribution >= 0.6 is 0 Å². The van der Waals surface area contributed by atoms with Gasteiger partial charge in [0.05, 0.1) is 25.4 Å². The van der Waals surface area contributed by atoms with Crippen molar-refractivity contribution in [3.05, 3.63) is 0 Å². The van der Waals surface area contributed by atoms with Crippen molar-refractivity contribution >= 4 is 18.1 Å². The van der Waals surface area contributed by atoms with Gasteiger partial charge in [-0.1, -0.05) is 33.6 Å². The van der Waals surface area contributed by atoms with E-state index in [1.165, 1.54) is 14.2 Å². The average Bonchev–Trinajstić information content (AvgIpc) is 2.99. The van der Waals surface area contributed by atoms with Crippen LogP contribution in [0.15, 0.2) is 0 Å². The first kappa shape index (κ1) is 40.9. The summed E-state index contributed by atoms with van der Waals surface area (Å²) in [6, 6.07) is 0. The number of amides is 3. The van der Waals surface area contributed by atoms with Gasteiger partial charge in [-0.05, 0) is 19.3 Å². The Hall–Kier alpha value is -2.27. The number of nitrogens with two attached hydrogens (primary N) is 1. The van der Waals surface area contributed by atoms with Gasteiger partial charge in [-0.2, -0.15) is 0 Å². The summed E-state index contributed by atoms with van der Waals surface area (Å²) in [5, 5.41) is 25.7. The second-order valence-electron chi connectivity index (χ2n) is 8.67. The van der Waals surface area contributed by atoms with Crippen molar-refractivity contribution in [3.8, 4) is 0 Å². The van der Waals surface area contributed by atoms with Gasteiger partial charge in [0.15, 0.2) is 12.6 Å². The molecule has 4 atom stereocenters. The van der Waals surface area contributed by atoms with E-state index in [9.17, 15) is 14.4 Å². The molecule has 244 valence electrons. The largest absolute Gasteiger partial charge is 0.444 e. The molecule has 7 N–H and O–H groups in total. The lowest BCUT2D eigenvalue weighted by Crippen LogP contribution is -2.37. The summed E-state index contributed by atoms with van der Waals surface area (Å²) in [6.07, 6.45) is 1.49. The number of carbonyl (C=O) groups is 3. The van der Waals surface area contributed by atoms with E-state index in [-0.39, 0.29) is 51.1 Å². The van der Waals surface area contributed by atoms with Gasteiger partial charge in [-0.3, -0.25) is 4.79 Å². The molecule has 0 spiro atoms. The minimum absolute atomic E-state index is 0.0129. The number of methoxy groups -OCH3 is 2. The van der Waals surface area contributed by atoms with E-state index in [4.69, 9.17) is 44.4 Å². The van der Waals surface area contributed by atoms with E-state index in [0.717, 1.165) is 19.3 Å². The quantitative estimate of drug-likeness (QED) is 0.0706. The molecule has 0 bridgehead atoms. The lowest BCUT2D eigenvalue weighted by Gasteiger charge is -2.21. The Balaban J connectivity index is 0. The number of alkyl carbamates (subject to hydrolysis) is 2. The molecule has 41 heavy (non-hydrogen) atoms. The zero-order valence-corrected chi connectivity index (χ0v) is 25.4.